The average molecular weight is 300 g/mol. The summed E-state index contributed by atoms with van der Waals surface area (Å²) in [5.74, 6) is 1.51. The maximum Gasteiger partial charge on any atom is 0.166 e. The van der Waals surface area contributed by atoms with Crippen molar-refractivity contribution < 1.29 is 14.2 Å². The highest BCUT2D eigenvalue weighted by Gasteiger charge is 2.10. The molecule has 0 amide bonds. The molecule has 4 nitrogen and oxygen atoms in total. The molecule has 0 aliphatic heterocycles. The topological polar surface area (TPSA) is 39.7 Å². The van der Waals surface area contributed by atoms with Gasteiger partial charge in [0.15, 0.2) is 11.5 Å². The van der Waals surface area contributed by atoms with E-state index in [1.165, 1.54) is 5.54 Å². The fourth-order valence-corrected chi connectivity index (χ4v) is 1.77. The van der Waals surface area contributed by atoms with Gasteiger partial charge in [-0.1, -0.05) is 23.7 Å². The van der Waals surface area contributed by atoms with Gasteiger partial charge in [0.25, 0.3) is 0 Å². The summed E-state index contributed by atoms with van der Waals surface area (Å²) in [6, 6.07) is 5.88. The zero-order chi connectivity index (χ0) is 14.6. The molecule has 0 spiro atoms. The molecule has 20 heavy (non-hydrogen) atoms. The largest absolute Gasteiger partial charge is 0.490 e. The van der Waals surface area contributed by atoms with Crippen LogP contribution in [0.3, 0.4) is 0 Å². The van der Waals surface area contributed by atoms with Crippen LogP contribution in [0.2, 0.25) is 0 Å². The van der Waals surface area contributed by atoms with Crippen LogP contribution < -0.4 is 14.8 Å². The Bertz CT molecular complexity index is 410. The molecule has 1 aromatic rings. The summed E-state index contributed by atoms with van der Waals surface area (Å²) in [7, 11) is 1.68. The number of rotatable bonds is 10. The van der Waals surface area contributed by atoms with Crippen LogP contribution in [0.4, 0.5) is 0 Å². The quantitative estimate of drug-likeness (QED) is 0.674. The van der Waals surface area contributed by atoms with Gasteiger partial charge in [-0.15, -0.1) is 0 Å². The highest BCUT2D eigenvalue weighted by Crippen LogP contribution is 2.31. The van der Waals surface area contributed by atoms with Crippen molar-refractivity contribution in [2.24, 2.45) is 0 Å². The first-order chi connectivity index (χ1) is 9.83. The Balaban J connectivity index is 2.75. The van der Waals surface area contributed by atoms with Crippen molar-refractivity contribution in [3.05, 3.63) is 35.4 Å². The van der Waals surface area contributed by atoms with Crippen molar-refractivity contribution in [2.75, 3.05) is 33.5 Å². The SMILES string of the molecule is CCOc1cccc(CNCCOC)c1OCC=CCl. The van der Waals surface area contributed by atoms with Crippen LogP contribution >= 0.6 is 11.6 Å². The van der Waals surface area contributed by atoms with Crippen LogP contribution in [-0.4, -0.2) is 33.5 Å². The molecule has 0 heterocycles. The molecule has 0 aliphatic carbocycles. The van der Waals surface area contributed by atoms with Crippen molar-refractivity contribution in [1.82, 2.24) is 5.32 Å². The van der Waals surface area contributed by atoms with Crippen molar-refractivity contribution in [3.63, 3.8) is 0 Å². The van der Waals surface area contributed by atoms with Gasteiger partial charge in [0.1, 0.15) is 6.61 Å². The summed E-state index contributed by atoms with van der Waals surface area (Å²) in [6.07, 6.45) is 1.74. The molecule has 0 unspecified atom stereocenters. The van der Waals surface area contributed by atoms with Crippen molar-refractivity contribution in [3.8, 4) is 11.5 Å². The van der Waals surface area contributed by atoms with Gasteiger partial charge in [0.2, 0.25) is 0 Å². The Labute approximate surface area is 125 Å². The predicted molar refractivity (Wildman–Crippen MR) is 81.7 cm³/mol. The van der Waals surface area contributed by atoms with Crippen LogP contribution in [0, 0.1) is 0 Å². The fourth-order valence-electron chi connectivity index (χ4n) is 1.70. The van der Waals surface area contributed by atoms with Crippen molar-refractivity contribution in [2.45, 2.75) is 13.5 Å². The molecule has 5 heteroatoms. The van der Waals surface area contributed by atoms with Gasteiger partial charge in [-0.3, -0.25) is 0 Å². The lowest BCUT2D eigenvalue weighted by molar-refractivity contribution is 0.199. The molecular formula is C15H22ClNO3. The number of para-hydroxylation sites is 1. The maximum absolute atomic E-state index is 5.75. The lowest BCUT2D eigenvalue weighted by Crippen LogP contribution is -2.19. The van der Waals surface area contributed by atoms with Gasteiger partial charge in [-0.2, -0.15) is 0 Å². The molecule has 1 N–H and O–H groups in total. The van der Waals surface area contributed by atoms with E-state index in [4.69, 9.17) is 25.8 Å². The van der Waals surface area contributed by atoms with E-state index in [0.717, 1.165) is 23.6 Å². The van der Waals surface area contributed by atoms with E-state index in [1.807, 2.05) is 25.1 Å². The first-order valence-electron chi connectivity index (χ1n) is 6.65. The Morgan fingerprint density at radius 1 is 1.30 bits per heavy atom. The summed E-state index contributed by atoms with van der Waals surface area (Å²) in [5, 5.41) is 3.30. The number of hydrogen-bond acceptors (Lipinski definition) is 4. The first-order valence-corrected chi connectivity index (χ1v) is 7.09. The van der Waals surface area contributed by atoms with Crippen LogP contribution in [0.1, 0.15) is 12.5 Å². The van der Waals surface area contributed by atoms with Crippen LogP contribution in [0.15, 0.2) is 29.8 Å². The monoisotopic (exact) mass is 299 g/mol. The standard InChI is InChI=1S/C15H22ClNO3/c1-3-19-14-7-4-6-13(12-17-9-11-18-2)15(14)20-10-5-8-16/h4-8,17H,3,9-12H2,1-2H3. The van der Waals surface area contributed by atoms with Crippen LogP contribution in [-0.2, 0) is 11.3 Å². The molecule has 0 bridgehead atoms. The van der Waals surface area contributed by atoms with Crippen molar-refractivity contribution >= 4 is 11.6 Å². The summed E-state index contributed by atoms with van der Waals surface area (Å²) in [5.41, 5.74) is 2.50. The van der Waals surface area contributed by atoms with Gasteiger partial charge in [-0.05, 0) is 19.1 Å². The van der Waals surface area contributed by atoms with Gasteiger partial charge < -0.3 is 19.5 Å². The third-order valence-corrected chi connectivity index (χ3v) is 2.75. The highest BCUT2D eigenvalue weighted by atomic mass is 35.5. The minimum Gasteiger partial charge on any atom is -0.490 e. The molecule has 0 aliphatic rings. The van der Waals surface area contributed by atoms with E-state index >= 15 is 0 Å². The number of hydrogen-bond donors (Lipinski definition) is 1. The van der Waals surface area contributed by atoms with E-state index < -0.39 is 0 Å². The van der Waals surface area contributed by atoms with Gasteiger partial charge in [0.05, 0.1) is 13.2 Å². The number of benzene rings is 1. The number of methoxy groups -OCH3 is 1. The summed E-state index contributed by atoms with van der Waals surface area (Å²) in [6.45, 7) is 5.13. The second-order valence-corrected chi connectivity index (χ2v) is 4.27. The maximum atomic E-state index is 5.75. The molecule has 0 saturated carbocycles. The Morgan fingerprint density at radius 2 is 2.15 bits per heavy atom. The molecule has 0 fully saturated rings. The van der Waals surface area contributed by atoms with Crippen LogP contribution in [0.5, 0.6) is 11.5 Å². The lowest BCUT2D eigenvalue weighted by atomic mass is 10.2. The Hall–Kier alpha value is -1.23. The third-order valence-electron chi connectivity index (χ3n) is 2.57. The summed E-state index contributed by atoms with van der Waals surface area (Å²) in [4.78, 5) is 0. The first kappa shape index (κ1) is 16.8. The summed E-state index contributed by atoms with van der Waals surface area (Å²) < 4.78 is 16.4. The van der Waals surface area contributed by atoms with Gasteiger partial charge in [-0.25, -0.2) is 0 Å². The fraction of sp³-hybridized carbons (Fsp3) is 0.467. The second kappa shape index (κ2) is 10.5. The second-order valence-electron chi connectivity index (χ2n) is 4.02. The number of halogens is 1. The van der Waals surface area contributed by atoms with E-state index in [0.29, 0.717) is 26.4 Å². The number of ether oxygens (including phenoxy) is 3. The highest BCUT2D eigenvalue weighted by molar-refractivity contribution is 6.25. The zero-order valence-corrected chi connectivity index (χ0v) is 12.8. The minimum atomic E-state index is 0.415. The zero-order valence-electron chi connectivity index (χ0n) is 12.0. The molecular weight excluding hydrogens is 278 g/mol. The molecule has 1 aromatic carbocycles. The van der Waals surface area contributed by atoms with E-state index in [-0.39, 0.29) is 0 Å². The van der Waals surface area contributed by atoms with E-state index in [2.05, 4.69) is 5.32 Å². The smallest absolute Gasteiger partial charge is 0.166 e. The minimum absolute atomic E-state index is 0.415. The molecule has 0 radical (unpaired) electrons. The molecule has 0 atom stereocenters. The van der Waals surface area contributed by atoms with Gasteiger partial charge in [0, 0.05) is 31.3 Å². The molecule has 112 valence electrons. The average Bonchev–Trinajstić information content (AvgIpc) is 2.46. The normalized spacial score (nSPS) is 10.9. The third kappa shape index (κ3) is 5.82. The van der Waals surface area contributed by atoms with Gasteiger partial charge >= 0.3 is 0 Å². The van der Waals surface area contributed by atoms with E-state index in [9.17, 15) is 0 Å². The Kier molecular flexibility index (Phi) is 8.87. The summed E-state index contributed by atoms with van der Waals surface area (Å²) >= 11 is 5.51. The Morgan fingerprint density at radius 3 is 2.85 bits per heavy atom. The molecule has 1 rings (SSSR count). The van der Waals surface area contributed by atoms with E-state index in [1.54, 1.807) is 13.2 Å². The van der Waals surface area contributed by atoms with Crippen LogP contribution in [0.25, 0.3) is 0 Å². The molecule has 0 saturated heterocycles. The lowest BCUT2D eigenvalue weighted by Gasteiger charge is -2.15. The van der Waals surface area contributed by atoms with Crippen molar-refractivity contribution in [1.29, 1.82) is 0 Å². The number of nitrogens with one attached hydrogen (secondary N) is 1. The molecule has 0 aromatic heterocycles. The predicted octanol–water partition coefficient (Wildman–Crippen LogP) is 2.95.